The number of carbonyl (C=O) groups is 1. The van der Waals surface area contributed by atoms with Gasteiger partial charge in [-0.1, -0.05) is 29.8 Å². The largest absolute Gasteiger partial charge is 0.497 e. The molecule has 1 N–H and O–H groups in total. The molecule has 1 aromatic heterocycles. The molecule has 0 saturated heterocycles. The molecule has 0 spiro atoms. The normalized spacial score (nSPS) is 10.6. The van der Waals surface area contributed by atoms with E-state index < -0.39 is 0 Å². The van der Waals surface area contributed by atoms with Crippen molar-refractivity contribution in [3.8, 4) is 22.7 Å². The summed E-state index contributed by atoms with van der Waals surface area (Å²) in [6, 6.07) is 15.5. The van der Waals surface area contributed by atoms with Crippen molar-refractivity contribution in [2.75, 3.05) is 27.4 Å². The summed E-state index contributed by atoms with van der Waals surface area (Å²) in [5, 5.41) is 7.54. The smallest absolute Gasteiger partial charge is 0.255 e. The zero-order chi connectivity index (χ0) is 19.2. The zero-order valence-corrected chi connectivity index (χ0v) is 15.7. The second-order valence-corrected chi connectivity index (χ2v) is 6.15. The Morgan fingerprint density at radius 2 is 1.93 bits per heavy atom. The molecule has 0 aliphatic rings. The maximum Gasteiger partial charge on any atom is 0.255 e. The first kappa shape index (κ1) is 18.7. The van der Waals surface area contributed by atoms with Crippen LogP contribution in [-0.4, -0.2) is 43.1 Å². The van der Waals surface area contributed by atoms with Gasteiger partial charge in [0.25, 0.3) is 5.91 Å². The van der Waals surface area contributed by atoms with Crippen molar-refractivity contribution in [3.05, 3.63) is 65.9 Å². The lowest BCUT2D eigenvalue weighted by atomic mass is 10.1. The van der Waals surface area contributed by atoms with Crippen molar-refractivity contribution in [1.82, 2.24) is 15.1 Å². The third-order valence-corrected chi connectivity index (χ3v) is 4.19. The predicted octanol–water partition coefficient (Wildman–Crippen LogP) is 3.23. The molecule has 0 bridgehead atoms. The van der Waals surface area contributed by atoms with Gasteiger partial charge < -0.3 is 14.8 Å². The molecule has 0 radical (unpaired) electrons. The van der Waals surface area contributed by atoms with Gasteiger partial charge in [0.05, 0.1) is 25.0 Å². The fraction of sp³-hybridized carbons (Fsp3) is 0.238. The number of hydrogen-bond donors (Lipinski definition) is 1. The first-order valence-corrected chi connectivity index (χ1v) is 8.70. The van der Waals surface area contributed by atoms with Crippen LogP contribution in [0.4, 0.5) is 0 Å². The second kappa shape index (κ2) is 8.51. The number of hydrogen-bond acceptors (Lipinski definition) is 4. The molecule has 0 aliphatic carbocycles. The fourth-order valence-corrected chi connectivity index (χ4v) is 2.72. The molecule has 0 unspecified atom stereocenters. The highest BCUT2D eigenvalue weighted by Crippen LogP contribution is 2.27. The highest BCUT2D eigenvalue weighted by Gasteiger charge is 2.19. The number of aromatic nitrogens is 2. The Labute approximate surface area is 158 Å². The molecule has 6 nitrogen and oxygen atoms in total. The summed E-state index contributed by atoms with van der Waals surface area (Å²) in [5.41, 5.74) is 3.97. The Bertz CT molecular complexity index is 917. The molecule has 2 aromatic carbocycles. The van der Waals surface area contributed by atoms with Gasteiger partial charge in [0, 0.05) is 25.4 Å². The van der Waals surface area contributed by atoms with Crippen LogP contribution < -0.4 is 10.1 Å². The van der Waals surface area contributed by atoms with Crippen LogP contribution >= 0.6 is 0 Å². The first-order chi connectivity index (χ1) is 13.1. The van der Waals surface area contributed by atoms with Crippen molar-refractivity contribution in [1.29, 1.82) is 0 Å². The van der Waals surface area contributed by atoms with Crippen LogP contribution in [0, 0.1) is 6.92 Å². The number of nitrogens with zero attached hydrogens (tertiary/aromatic N) is 2. The number of ether oxygens (including phenoxy) is 2. The van der Waals surface area contributed by atoms with Gasteiger partial charge in [-0.05, 0) is 31.2 Å². The number of carbonyl (C=O) groups excluding carboxylic acids is 1. The Hall–Kier alpha value is -3.12. The second-order valence-electron chi connectivity index (χ2n) is 6.15. The predicted molar refractivity (Wildman–Crippen MR) is 104 cm³/mol. The first-order valence-electron chi connectivity index (χ1n) is 8.70. The van der Waals surface area contributed by atoms with Crippen LogP contribution in [0.25, 0.3) is 16.9 Å². The summed E-state index contributed by atoms with van der Waals surface area (Å²) < 4.78 is 12.0. The van der Waals surface area contributed by atoms with Crippen LogP contribution in [0.1, 0.15) is 15.9 Å². The molecule has 6 heteroatoms. The summed E-state index contributed by atoms with van der Waals surface area (Å²) in [4.78, 5) is 12.7. The molecule has 1 amide bonds. The molecule has 0 atom stereocenters. The Morgan fingerprint density at radius 3 is 2.63 bits per heavy atom. The molecular weight excluding hydrogens is 342 g/mol. The topological polar surface area (TPSA) is 65.4 Å². The van der Waals surface area contributed by atoms with Crippen molar-refractivity contribution >= 4 is 5.91 Å². The lowest BCUT2D eigenvalue weighted by molar-refractivity contribution is 0.0937. The quantitative estimate of drug-likeness (QED) is 0.653. The Balaban J connectivity index is 2.03. The number of amides is 1. The molecule has 3 rings (SSSR count). The van der Waals surface area contributed by atoms with Crippen molar-refractivity contribution in [2.24, 2.45) is 0 Å². The third-order valence-electron chi connectivity index (χ3n) is 4.19. The van der Waals surface area contributed by atoms with Crippen LogP contribution in [0.3, 0.4) is 0 Å². The lowest BCUT2D eigenvalue weighted by Gasteiger charge is -2.06. The van der Waals surface area contributed by atoms with Crippen molar-refractivity contribution in [2.45, 2.75) is 6.92 Å². The lowest BCUT2D eigenvalue weighted by Crippen LogP contribution is -2.27. The van der Waals surface area contributed by atoms with Gasteiger partial charge in [-0.15, -0.1) is 0 Å². The SMILES string of the molecule is COCCNC(=O)c1cn(-c2ccc(C)cc2)nc1-c1cccc(OC)c1. The molecule has 140 valence electrons. The van der Waals surface area contributed by atoms with Crippen LogP contribution in [0.2, 0.25) is 0 Å². The van der Waals surface area contributed by atoms with Gasteiger partial charge in [-0.2, -0.15) is 5.10 Å². The van der Waals surface area contributed by atoms with E-state index in [9.17, 15) is 4.79 Å². The van der Waals surface area contributed by atoms with E-state index in [0.29, 0.717) is 30.2 Å². The highest BCUT2D eigenvalue weighted by atomic mass is 16.5. The summed E-state index contributed by atoms with van der Waals surface area (Å²) in [6.07, 6.45) is 1.75. The van der Waals surface area contributed by atoms with Gasteiger partial charge in [0.15, 0.2) is 0 Å². The minimum Gasteiger partial charge on any atom is -0.497 e. The summed E-state index contributed by atoms with van der Waals surface area (Å²) >= 11 is 0. The van der Waals surface area contributed by atoms with E-state index in [-0.39, 0.29) is 5.91 Å². The highest BCUT2D eigenvalue weighted by molar-refractivity contribution is 6.00. The molecule has 0 aliphatic heterocycles. The number of rotatable bonds is 7. The minimum absolute atomic E-state index is 0.191. The van der Waals surface area contributed by atoms with Crippen LogP contribution in [0.15, 0.2) is 54.7 Å². The maximum atomic E-state index is 12.7. The van der Waals surface area contributed by atoms with Crippen molar-refractivity contribution in [3.63, 3.8) is 0 Å². The van der Waals surface area contributed by atoms with Crippen LogP contribution in [-0.2, 0) is 4.74 Å². The van der Waals surface area contributed by atoms with Gasteiger partial charge in [-0.25, -0.2) is 4.68 Å². The standard InChI is InChI=1S/C21H23N3O3/c1-15-7-9-17(10-8-15)24-14-19(21(25)22-11-12-26-2)20(23-24)16-5-4-6-18(13-16)27-3/h4-10,13-14H,11-12H2,1-3H3,(H,22,25). The molecule has 27 heavy (non-hydrogen) atoms. The Morgan fingerprint density at radius 1 is 1.15 bits per heavy atom. The van der Waals surface area contributed by atoms with Gasteiger partial charge in [0.1, 0.15) is 11.4 Å². The average molecular weight is 365 g/mol. The van der Waals surface area contributed by atoms with Crippen molar-refractivity contribution < 1.29 is 14.3 Å². The zero-order valence-electron chi connectivity index (χ0n) is 15.7. The summed E-state index contributed by atoms with van der Waals surface area (Å²) in [5.74, 6) is 0.520. The number of methoxy groups -OCH3 is 2. The molecule has 0 saturated carbocycles. The average Bonchev–Trinajstić information content (AvgIpc) is 3.14. The van der Waals surface area contributed by atoms with E-state index in [0.717, 1.165) is 16.8 Å². The van der Waals surface area contributed by atoms with Crippen LogP contribution in [0.5, 0.6) is 5.75 Å². The van der Waals surface area contributed by atoms with E-state index in [4.69, 9.17) is 9.47 Å². The number of nitrogens with one attached hydrogen (secondary N) is 1. The maximum absolute atomic E-state index is 12.7. The monoisotopic (exact) mass is 365 g/mol. The third kappa shape index (κ3) is 4.35. The minimum atomic E-state index is -0.191. The summed E-state index contributed by atoms with van der Waals surface area (Å²) in [6.45, 7) is 2.91. The molecule has 3 aromatic rings. The van der Waals surface area contributed by atoms with E-state index in [1.165, 1.54) is 0 Å². The van der Waals surface area contributed by atoms with Gasteiger partial charge >= 0.3 is 0 Å². The molecule has 1 heterocycles. The van der Waals surface area contributed by atoms with Gasteiger partial charge in [-0.3, -0.25) is 4.79 Å². The molecule has 0 fully saturated rings. The number of benzene rings is 2. The fourth-order valence-electron chi connectivity index (χ4n) is 2.72. The van der Waals surface area contributed by atoms with Gasteiger partial charge in [0.2, 0.25) is 0 Å². The number of aryl methyl sites for hydroxylation is 1. The van der Waals surface area contributed by atoms with E-state index in [1.807, 2.05) is 55.5 Å². The van der Waals surface area contributed by atoms with E-state index in [2.05, 4.69) is 10.4 Å². The molecular formula is C21H23N3O3. The van der Waals surface area contributed by atoms with E-state index >= 15 is 0 Å². The van der Waals surface area contributed by atoms with E-state index in [1.54, 1.807) is 25.1 Å². The Kier molecular flexibility index (Phi) is 5.88. The summed E-state index contributed by atoms with van der Waals surface area (Å²) in [7, 11) is 3.21.